The normalized spacial score (nSPS) is 27.0. The summed E-state index contributed by atoms with van der Waals surface area (Å²) in [6.45, 7) is 0. The van der Waals surface area contributed by atoms with Crippen LogP contribution in [0.15, 0.2) is 0 Å². The Kier molecular flexibility index (Phi) is 2.69. The molecule has 0 aromatic carbocycles. The van der Waals surface area contributed by atoms with E-state index in [1.807, 2.05) is 0 Å². The molecule has 0 amide bonds. The Morgan fingerprint density at radius 3 is 2.56 bits per heavy atom. The molecular weight excluding hydrogens is 250 g/mol. The molecule has 3 rings (SSSR count). The molecule has 5 nitrogen and oxygen atoms in total. The summed E-state index contributed by atoms with van der Waals surface area (Å²) < 4.78 is 4.09. The van der Waals surface area contributed by atoms with Crippen molar-refractivity contribution < 1.29 is 9.59 Å². The van der Waals surface area contributed by atoms with Crippen LogP contribution < -0.4 is 5.73 Å². The molecule has 2 aliphatic rings. The van der Waals surface area contributed by atoms with Gasteiger partial charge in [0.2, 0.25) is 0 Å². The van der Waals surface area contributed by atoms with E-state index < -0.39 is 11.3 Å². The zero-order chi connectivity index (χ0) is 12.8. The number of carbonyl (C=O) groups excluding carboxylic acids is 2. The minimum Gasteiger partial charge on any atom is -0.374 e. The Balaban J connectivity index is 1.93. The van der Waals surface area contributed by atoms with E-state index in [9.17, 15) is 9.59 Å². The lowest BCUT2D eigenvalue weighted by Crippen LogP contribution is -2.36. The van der Waals surface area contributed by atoms with Gasteiger partial charge < -0.3 is 5.73 Å². The molecule has 1 unspecified atom stereocenters. The summed E-state index contributed by atoms with van der Waals surface area (Å²) in [4.78, 5) is 28.9. The monoisotopic (exact) mass is 265 g/mol. The summed E-state index contributed by atoms with van der Waals surface area (Å²) in [5, 5.41) is 0.356. The minimum atomic E-state index is -0.719. The molecule has 0 saturated heterocycles. The maximum absolute atomic E-state index is 12.6. The zero-order valence-corrected chi connectivity index (χ0v) is 10.8. The van der Waals surface area contributed by atoms with E-state index in [0.717, 1.165) is 30.8 Å². The topological polar surface area (TPSA) is 85.9 Å². The predicted octanol–water partition coefficient (Wildman–Crippen LogP) is 1.70. The number of anilines is 1. The molecular formula is C12H15N3O2S. The molecule has 1 spiro atoms. The standard InChI is InChI=1S/C12H15N3O2S/c13-11-14-10(15-18-11)7-6-8(16)12(9(7)17)4-2-1-3-5-12/h7H,1-6H2,(H2,13,14,15). The number of rotatable bonds is 1. The smallest absolute Gasteiger partial charge is 0.199 e. The van der Waals surface area contributed by atoms with E-state index in [2.05, 4.69) is 9.36 Å². The molecule has 0 bridgehead atoms. The third-order valence-electron chi connectivity index (χ3n) is 4.19. The third-order valence-corrected chi connectivity index (χ3v) is 4.74. The van der Waals surface area contributed by atoms with E-state index in [4.69, 9.17) is 5.73 Å². The van der Waals surface area contributed by atoms with Gasteiger partial charge in [-0.1, -0.05) is 19.3 Å². The highest BCUT2D eigenvalue weighted by Gasteiger charge is 2.55. The van der Waals surface area contributed by atoms with Gasteiger partial charge in [-0.25, -0.2) is 4.98 Å². The van der Waals surface area contributed by atoms with Gasteiger partial charge >= 0.3 is 0 Å². The van der Waals surface area contributed by atoms with Gasteiger partial charge in [-0.3, -0.25) is 9.59 Å². The number of nitrogens with two attached hydrogens (primary N) is 1. The molecule has 1 aromatic rings. The van der Waals surface area contributed by atoms with Crippen molar-refractivity contribution in [2.45, 2.75) is 44.4 Å². The van der Waals surface area contributed by atoms with Crippen LogP contribution in [0.3, 0.4) is 0 Å². The van der Waals surface area contributed by atoms with Gasteiger partial charge in [0.1, 0.15) is 5.78 Å². The Morgan fingerprint density at radius 2 is 1.94 bits per heavy atom. The average Bonchev–Trinajstić information content (AvgIpc) is 2.89. The minimum absolute atomic E-state index is 0.0324. The number of carbonyl (C=O) groups is 2. The molecule has 2 N–H and O–H groups in total. The van der Waals surface area contributed by atoms with Crippen molar-refractivity contribution >= 4 is 28.2 Å². The molecule has 1 heterocycles. The second kappa shape index (κ2) is 4.12. The molecule has 1 atom stereocenters. The van der Waals surface area contributed by atoms with Crippen molar-refractivity contribution in [3.05, 3.63) is 5.82 Å². The lowest BCUT2D eigenvalue weighted by atomic mass is 9.71. The van der Waals surface area contributed by atoms with Crippen LogP contribution in [0.1, 0.15) is 50.3 Å². The third kappa shape index (κ3) is 1.59. The summed E-state index contributed by atoms with van der Waals surface area (Å²) >= 11 is 1.08. The van der Waals surface area contributed by atoms with E-state index in [1.165, 1.54) is 0 Å². The first kappa shape index (κ1) is 11.8. The Morgan fingerprint density at radius 1 is 1.22 bits per heavy atom. The van der Waals surface area contributed by atoms with Gasteiger partial charge in [0, 0.05) is 18.0 Å². The maximum atomic E-state index is 12.6. The fourth-order valence-electron chi connectivity index (χ4n) is 3.22. The first-order chi connectivity index (χ1) is 8.63. The first-order valence-corrected chi connectivity index (χ1v) is 7.07. The van der Waals surface area contributed by atoms with Gasteiger partial charge in [0.15, 0.2) is 16.7 Å². The number of nitrogens with zero attached hydrogens (tertiary/aromatic N) is 2. The van der Waals surface area contributed by atoms with Gasteiger partial charge in [-0.05, 0) is 12.8 Å². The van der Waals surface area contributed by atoms with E-state index >= 15 is 0 Å². The molecule has 2 fully saturated rings. The predicted molar refractivity (Wildman–Crippen MR) is 67.2 cm³/mol. The van der Waals surface area contributed by atoms with Crippen LogP contribution in [0, 0.1) is 5.41 Å². The lowest BCUT2D eigenvalue weighted by molar-refractivity contribution is -0.137. The summed E-state index contributed by atoms with van der Waals surface area (Å²) in [5.41, 5.74) is 4.83. The van der Waals surface area contributed by atoms with Crippen molar-refractivity contribution in [2.75, 3.05) is 5.73 Å². The van der Waals surface area contributed by atoms with Crippen molar-refractivity contribution in [1.82, 2.24) is 9.36 Å². The van der Waals surface area contributed by atoms with Crippen LogP contribution in [0.2, 0.25) is 0 Å². The molecule has 18 heavy (non-hydrogen) atoms. The van der Waals surface area contributed by atoms with Crippen LogP contribution in [-0.2, 0) is 9.59 Å². The van der Waals surface area contributed by atoms with E-state index in [-0.39, 0.29) is 18.0 Å². The highest BCUT2D eigenvalue weighted by Crippen LogP contribution is 2.48. The molecule has 2 aliphatic carbocycles. The van der Waals surface area contributed by atoms with E-state index in [0.29, 0.717) is 23.8 Å². The van der Waals surface area contributed by atoms with Gasteiger partial charge in [0.05, 0.1) is 11.3 Å². The first-order valence-electron chi connectivity index (χ1n) is 6.30. The maximum Gasteiger partial charge on any atom is 0.199 e. The van der Waals surface area contributed by atoms with Gasteiger partial charge in [-0.15, -0.1) is 0 Å². The number of aromatic nitrogens is 2. The summed E-state index contributed by atoms with van der Waals surface area (Å²) in [7, 11) is 0. The van der Waals surface area contributed by atoms with Crippen LogP contribution in [0.4, 0.5) is 5.13 Å². The van der Waals surface area contributed by atoms with Crippen molar-refractivity contribution in [3.63, 3.8) is 0 Å². The fourth-order valence-corrected chi connectivity index (χ4v) is 3.71. The van der Waals surface area contributed by atoms with Gasteiger partial charge in [0.25, 0.3) is 0 Å². The van der Waals surface area contributed by atoms with E-state index in [1.54, 1.807) is 0 Å². The number of Topliss-reactive ketones (excluding diaryl/α,β-unsaturated/α-hetero) is 2. The van der Waals surface area contributed by atoms with Crippen LogP contribution in [0.25, 0.3) is 0 Å². The number of hydrogen-bond donors (Lipinski definition) is 1. The number of ketones is 2. The Labute approximate surface area is 109 Å². The average molecular weight is 265 g/mol. The van der Waals surface area contributed by atoms with Crippen molar-refractivity contribution in [1.29, 1.82) is 0 Å². The molecule has 0 radical (unpaired) electrons. The Bertz CT molecular complexity index is 505. The fraction of sp³-hybridized carbons (Fsp3) is 0.667. The summed E-state index contributed by atoms with van der Waals surface area (Å²) in [5.74, 6) is 0.109. The van der Waals surface area contributed by atoms with Crippen LogP contribution in [0.5, 0.6) is 0 Å². The van der Waals surface area contributed by atoms with Crippen molar-refractivity contribution in [2.24, 2.45) is 5.41 Å². The summed E-state index contributed by atoms with van der Waals surface area (Å²) in [6.07, 6.45) is 4.74. The molecule has 96 valence electrons. The number of nitrogen functional groups attached to an aromatic ring is 1. The summed E-state index contributed by atoms with van der Waals surface area (Å²) in [6, 6.07) is 0. The highest BCUT2D eigenvalue weighted by atomic mass is 32.1. The Hall–Kier alpha value is -1.30. The van der Waals surface area contributed by atoms with Crippen molar-refractivity contribution in [3.8, 4) is 0 Å². The molecule has 0 aliphatic heterocycles. The quantitative estimate of drug-likeness (QED) is 0.781. The largest absolute Gasteiger partial charge is 0.374 e. The lowest BCUT2D eigenvalue weighted by Gasteiger charge is -2.30. The molecule has 6 heteroatoms. The second-order valence-corrected chi connectivity index (χ2v) is 5.96. The highest BCUT2D eigenvalue weighted by molar-refractivity contribution is 7.09. The zero-order valence-electron chi connectivity index (χ0n) is 10.0. The molecule has 1 aromatic heterocycles. The van der Waals surface area contributed by atoms with Gasteiger partial charge in [-0.2, -0.15) is 4.37 Å². The second-order valence-electron chi connectivity index (χ2n) is 5.18. The molecule has 2 saturated carbocycles. The number of hydrogen-bond acceptors (Lipinski definition) is 6. The van der Waals surface area contributed by atoms with Crippen LogP contribution in [-0.4, -0.2) is 20.9 Å². The van der Waals surface area contributed by atoms with Crippen LogP contribution >= 0.6 is 11.5 Å². The SMILES string of the molecule is Nc1nc(C2CC(=O)C3(CCCCC3)C2=O)ns1.